The van der Waals surface area contributed by atoms with Gasteiger partial charge in [-0.25, -0.2) is 8.70 Å². The van der Waals surface area contributed by atoms with Crippen molar-refractivity contribution < 1.29 is 28.1 Å². The first kappa shape index (κ1) is 14.1. The van der Waals surface area contributed by atoms with Gasteiger partial charge in [-0.05, 0) is 18.6 Å². The molecule has 4 N–H and O–H groups in total. The summed E-state index contributed by atoms with van der Waals surface area (Å²) in [5, 5.41) is 19.9. The van der Waals surface area contributed by atoms with Crippen LogP contribution in [0.5, 0.6) is 11.5 Å². The van der Waals surface area contributed by atoms with Gasteiger partial charge < -0.3 is 14.6 Å². The molecule has 21 heavy (non-hydrogen) atoms. The van der Waals surface area contributed by atoms with Crippen molar-refractivity contribution >= 4 is 16.7 Å². The summed E-state index contributed by atoms with van der Waals surface area (Å²) in [7, 11) is -3.08. The van der Waals surface area contributed by atoms with E-state index in [0.717, 1.165) is 4.31 Å². The zero-order valence-corrected chi connectivity index (χ0v) is 11.7. The SMILES string of the molecule is Oc1c(-c2ccccc2F)oc(N2CCCS2(O)O)c1O. The molecule has 114 valence electrons. The van der Waals surface area contributed by atoms with Crippen molar-refractivity contribution in [2.75, 3.05) is 16.6 Å². The lowest BCUT2D eigenvalue weighted by atomic mass is 10.1. The van der Waals surface area contributed by atoms with Crippen molar-refractivity contribution in [2.45, 2.75) is 6.42 Å². The smallest absolute Gasteiger partial charge is 0.261 e. The lowest BCUT2D eigenvalue weighted by molar-refractivity contribution is 0.408. The molecule has 0 radical (unpaired) electrons. The van der Waals surface area contributed by atoms with Crippen LogP contribution in [0.3, 0.4) is 0 Å². The van der Waals surface area contributed by atoms with E-state index in [1.807, 2.05) is 0 Å². The number of nitrogens with zero attached hydrogens (tertiary/aromatic N) is 1. The van der Waals surface area contributed by atoms with Crippen molar-refractivity contribution in [3.8, 4) is 22.8 Å². The van der Waals surface area contributed by atoms with Crippen LogP contribution in [0.15, 0.2) is 28.7 Å². The summed E-state index contributed by atoms with van der Waals surface area (Å²) < 4.78 is 40.0. The Morgan fingerprint density at radius 1 is 1.14 bits per heavy atom. The Morgan fingerprint density at radius 3 is 2.48 bits per heavy atom. The van der Waals surface area contributed by atoms with Crippen molar-refractivity contribution in [1.82, 2.24) is 0 Å². The van der Waals surface area contributed by atoms with Crippen LogP contribution in [-0.2, 0) is 0 Å². The maximum atomic E-state index is 13.8. The Morgan fingerprint density at radius 2 is 1.86 bits per heavy atom. The van der Waals surface area contributed by atoms with E-state index < -0.39 is 28.1 Å². The van der Waals surface area contributed by atoms with Gasteiger partial charge in [0.1, 0.15) is 5.82 Å². The van der Waals surface area contributed by atoms with Crippen LogP contribution in [0.4, 0.5) is 10.3 Å². The van der Waals surface area contributed by atoms with Crippen LogP contribution in [0.1, 0.15) is 6.42 Å². The van der Waals surface area contributed by atoms with Gasteiger partial charge in [-0.1, -0.05) is 12.1 Å². The zero-order chi connectivity index (χ0) is 15.2. The van der Waals surface area contributed by atoms with Gasteiger partial charge in [0.25, 0.3) is 5.88 Å². The van der Waals surface area contributed by atoms with E-state index in [1.165, 1.54) is 18.2 Å². The van der Waals surface area contributed by atoms with Gasteiger partial charge in [0.2, 0.25) is 11.5 Å². The number of halogens is 1. The van der Waals surface area contributed by atoms with Crippen molar-refractivity contribution in [2.24, 2.45) is 0 Å². The van der Waals surface area contributed by atoms with E-state index in [1.54, 1.807) is 6.07 Å². The number of hydrogen-bond acceptors (Lipinski definition) is 6. The molecule has 0 atom stereocenters. The van der Waals surface area contributed by atoms with E-state index in [0.29, 0.717) is 6.42 Å². The molecule has 0 amide bonds. The first-order valence-electron chi connectivity index (χ1n) is 6.25. The van der Waals surface area contributed by atoms with Gasteiger partial charge in [0.15, 0.2) is 5.76 Å². The van der Waals surface area contributed by atoms with E-state index in [-0.39, 0.29) is 29.5 Å². The number of rotatable bonds is 2. The molecule has 2 aromatic rings. The molecule has 0 saturated carbocycles. The molecule has 3 rings (SSSR count). The molecule has 1 aliphatic rings. The number of hydrogen-bond donors (Lipinski definition) is 4. The molecule has 0 bridgehead atoms. The summed E-state index contributed by atoms with van der Waals surface area (Å²) in [4.78, 5) is 0. The van der Waals surface area contributed by atoms with E-state index in [4.69, 9.17) is 4.42 Å². The van der Waals surface area contributed by atoms with Crippen LogP contribution in [0, 0.1) is 5.82 Å². The zero-order valence-electron chi connectivity index (χ0n) is 10.9. The van der Waals surface area contributed by atoms with Gasteiger partial charge in [-0.3, -0.25) is 9.11 Å². The standard InChI is InChI=1S/C13H14FNO5S/c14-9-5-2-1-4-8(9)12-10(16)11(17)13(20-12)15-6-3-7-21(15,18)19/h1-2,4-5,16-19H,3,6-7H2. The van der Waals surface area contributed by atoms with Crippen LogP contribution < -0.4 is 4.31 Å². The molecule has 1 aromatic carbocycles. The average molecular weight is 315 g/mol. The normalized spacial score (nSPS) is 18.9. The molecule has 1 fully saturated rings. The maximum Gasteiger partial charge on any atom is 0.261 e. The average Bonchev–Trinajstić information content (AvgIpc) is 2.92. The summed E-state index contributed by atoms with van der Waals surface area (Å²) in [6, 6.07) is 5.62. The monoisotopic (exact) mass is 315 g/mol. The first-order valence-corrected chi connectivity index (χ1v) is 7.92. The van der Waals surface area contributed by atoms with Crippen molar-refractivity contribution in [3.05, 3.63) is 30.1 Å². The quantitative estimate of drug-likeness (QED) is 0.678. The van der Waals surface area contributed by atoms with E-state index in [2.05, 4.69) is 0 Å². The summed E-state index contributed by atoms with van der Waals surface area (Å²) in [5.41, 5.74) is -0.0211. The Bertz CT molecular complexity index is 687. The first-order chi connectivity index (χ1) is 9.92. The Hall–Kier alpha value is -1.90. The lowest BCUT2D eigenvalue weighted by Crippen LogP contribution is -2.21. The molecule has 8 heteroatoms. The molecule has 0 spiro atoms. The summed E-state index contributed by atoms with van der Waals surface area (Å²) in [6.07, 6.45) is 0.512. The minimum absolute atomic E-state index is 0.0211. The predicted octanol–water partition coefficient (Wildman–Crippen LogP) is 3.37. The highest BCUT2D eigenvalue weighted by atomic mass is 32.3. The topological polar surface area (TPSA) is 97.3 Å². The van der Waals surface area contributed by atoms with Gasteiger partial charge in [0, 0.05) is 6.54 Å². The molecule has 1 aliphatic heterocycles. The number of anilines is 1. The molecule has 1 saturated heterocycles. The van der Waals surface area contributed by atoms with Crippen LogP contribution in [0.2, 0.25) is 0 Å². The molecule has 0 unspecified atom stereocenters. The summed E-state index contributed by atoms with van der Waals surface area (Å²) in [5.74, 6) is -2.23. The second-order valence-corrected chi connectivity index (χ2v) is 6.82. The minimum atomic E-state index is -3.08. The van der Waals surface area contributed by atoms with Gasteiger partial charge in [-0.2, -0.15) is 0 Å². The number of aromatic hydroxyl groups is 2. The molecule has 1 aromatic heterocycles. The Balaban J connectivity index is 2.10. The lowest BCUT2D eigenvalue weighted by Gasteiger charge is -2.35. The number of furan rings is 1. The fourth-order valence-electron chi connectivity index (χ4n) is 2.29. The Labute approximate surface area is 121 Å². The summed E-state index contributed by atoms with van der Waals surface area (Å²) >= 11 is 0. The number of benzene rings is 1. The van der Waals surface area contributed by atoms with E-state index in [9.17, 15) is 23.7 Å². The molecule has 6 nitrogen and oxygen atoms in total. The highest BCUT2D eigenvalue weighted by Gasteiger charge is 2.36. The van der Waals surface area contributed by atoms with Crippen LogP contribution >= 0.6 is 10.8 Å². The third-order valence-corrected chi connectivity index (χ3v) is 5.21. The highest BCUT2D eigenvalue weighted by Crippen LogP contribution is 2.57. The van der Waals surface area contributed by atoms with Crippen molar-refractivity contribution in [1.29, 1.82) is 0 Å². The van der Waals surface area contributed by atoms with Crippen LogP contribution in [0.25, 0.3) is 11.3 Å². The van der Waals surface area contributed by atoms with Gasteiger partial charge in [-0.15, -0.1) is 10.8 Å². The third kappa shape index (κ3) is 2.21. The molecular formula is C13H14FNO5S. The second kappa shape index (κ2) is 4.83. The largest absolute Gasteiger partial charge is 0.502 e. The molecular weight excluding hydrogens is 301 g/mol. The fourth-order valence-corrected chi connectivity index (χ4v) is 3.84. The fraction of sp³-hybridized carbons (Fsp3) is 0.231. The molecule has 0 aliphatic carbocycles. The van der Waals surface area contributed by atoms with Crippen molar-refractivity contribution in [3.63, 3.8) is 0 Å². The highest BCUT2D eigenvalue weighted by molar-refractivity contribution is 8.25. The third-order valence-electron chi connectivity index (χ3n) is 3.32. The predicted molar refractivity (Wildman–Crippen MR) is 77.1 cm³/mol. The Kier molecular flexibility index (Phi) is 3.23. The van der Waals surface area contributed by atoms with E-state index >= 15 is 0 Å². The van der Waals surface area contributed by atoms with Gasteiger partial charge >= 0.3 is 0 Å². The summed E-state index contributed by atoms with van der Waals surface area (Å²) in [6.45, 7) is 0.263. The van der Waals surface area contributed by atoms with Crippen LogP contribution in [-0.4, -0.2) is 31.6 Å². The second-order valence-electron chi connectivity index (χ2n) is 4.71. The van der Waals surface area contributed by atoms with Gasteiger partial charge in [0.05, 0.1) is 11.3 Å². The molecule has 2 heterocycles. The minimum Gasteiger partial charge on any atom is -0.502 e. The maximum absolute atomic E-state index is 13.8.